The van der Waals surface area contributed by atoms with Crippen LogP contribution in [-0.2, 0) is 11.2 Å². The van der Waals surface area contributed by atoms with Crippen LogP contribution in [0.1, 0.15) is 5.56 Å². The molecule has 0 unspecified atom stereocenters. The van der Waals surface area contributed by atoms with Gasteiger partial charge < -0.3 is 5.32 Å². The lowest BCUT2D eigenvalue weighted by molar-refractivity contribution is -0.115. The molecule has 0 saturated heterocycles. The highest BCUT2D eigenvalue weighted by molar-refractivity contribution is 5.92. The van der Waals surface area contributed by atoms with Crippen LogP contribution in [0, 0.1) is 17.5 Å². The van der Waals surface area contributed by atoms with Crippen molar-refractivity contribution in [2.75, 3.05) is 5.32 Å². The zero-order valence-corrected chi connectivity index (χ0v) is 12.2. The van der Waals surface area contributed by atoms with Crippen molar-refractivity contribution < 1.29 is 18.0 Å². The molecule has 8 heteroatoms. The number of halogens is 3. The summed E-state index contributed by atoms with van der Waals surface area (Å²) in [6, 6.07) is 7.86. The molecule has 0 aliphatic rings. The first-order valence-electron chi connectivity index (χ1n) is 6.92. The number of hydrogen-bond donors (Lipinski definition) is 2. The normalized spacial score (nSPS) is 10.6. The number of carbonyl (C=O) groups is 1. The Hall–Kier alpha value is -3.16. The van der Waals surface area contributed by atoms with Crippen LogP contribution < -0.4 is 5.32 Å². The predicted molar refractivity (Wildman–Crippen MR) is 80.5 cm³/mol. The van der Waals surface area contributed by atoms with Crippen molar-refractivity contribution in [2.45, 2.75) is 6.42 Å². The van der Waals surface area contributed by atoms with E-state index < -0.39 is 29.8 Å². The Morgan fingerprint density at radius 2 is 1.88 bits per heavy atom. The molecule has 1 aromatic heterocycles. The molecule has 5 nitrogen and oxygen atoms in total. The zero-order chi connectivity index (χ0) is 17.1. The standard InChI is InChI=1S/C16H11F3N4O/c17-12-7-14(19)13(18)5-10(12)6-15(24)22-11-3-1-2-9(4-11)16-20-8-21-23-16/h1-5,7-8H,6H2,(H,22,24)(H,20,21,23). The second-order valence-corrected chi connectivity index (χ2v) is 5.00. The van der Waals surface area contributed by atoms with Gasteiger partial charge in [-0.1, -0.05) is 12.1 Å². The minimum atomic E-state index is -1.29. The number of aromatic amines is 1. The van der Waals surface area contributed by atoms with Crippen LogP contribution in [0.3, 0.4) is 0 Å². The first kappa shape index (κ1) is 15.7. The second kappa shape index (κ2) is 6.53. The number of amides is 1. The molecule has 0 aliphatic carbocycles. The lowest BCUT2D eigenvalue weighted by Gasteiger charge is -2.08. The Morgan fingerprint density at radius 3 is 2.62 bits per heavy atom. The summed E-state index contributed by atoms with van der Waals surface area (Å²) in [5.74, 6) is -3.50. The van der Waals surface area contributed by atoms with Crippen LogP contribution in [0.4, 0.5) is 18.9 Å². The van der Waals surface area contributed by atoms with E-state index in [9.17, 15) is 18.0 Å². The Balaban J connectivity index is 1.74. The van der Waals surface area contributed by atoms with Crippen molar-refractivity contribution in [3.63, 3.8) is 0 Å². The Kier molecular flexibility index (Phi) is 4.28. The molecule has 2 aromatic carbocycles. The fraction of sp³-hybridized carbons (Fsp3) is 0.0625. The first-order chi connectivity index (χ1) is 11.5. The van der Waals surface area contributed by atoms with E-state index in [1.807, 2.05) is 0 Å². The molecule has 0 saturated carbocycles. The van der Waals surface area contributed by atoms with E-state index in [0.717, 1.165) is 0 Å². The molecule has 1 amide bonds. The highest BCUT2D eigenvalue weighted by Gasteiger charge is 2.13. The first-order valence-corrected chi connectivity index (χ1v) is 6.92. The number of nitrogens with zero attached hydrogens (tertiary/aromatic N) is 2. The second-order valence-electron chi connectivity index (χ2n) is 5.00. The van der Waals surface area contributed by atoms with E-state index in [1.165, 1.54) is 6.33 Å². The summed E-state index contributed by atoms with van der Waals surface area (Å²) in [5.41, 5.74) is 0.930. The Labute approximate surface area is 134 Å². The Morgan fingerprint density at radius 1 is 1.08 bits per heavy atom. The fourth-order valence-corrected chi connectivity index (χ4v) is 2.17. The van der Waals surface area contributed by atoms with Crippen molar-refractivity contribution in [3.8, 4) is 11.4 Å². The van der Waals surface area contributed by atoms with Gasteiger partial charge in [0.25, 0.3) is 0 Å². The molecule has 122 valence electrons. The van der Waals surface area contributed by atoms with Crippen LogP contribution in [0.25, 0.3) is 11.4 Å². The molecule has 0 radical (unpaired) electrons. The number of rotatable bonds is 4. The van der Waals surface area contributed by atoms with Gasteiger partial charge in [-0.3, -0.25) is 9.89 Å². The summed E-state index contributed by atoms with van der Waals surface area (Å²) in [6.45, 7) is 0. The summed E-state index contributed by atoms with van der Waals surface area (Å²) < 4.78 is 39.6. The number of benzene rings is 2. The summed E-state index contributed by atoms with van der Waals surface area (Å²) >= 11 is 0. The van der Waals surface area contributed by atoms with Crippen molar-refractivity contribution in [1.29, 1.82) is 0 Å². The third-order valence-electron chi connectivity index (χ3n) is 3.28. The number of aromatic nitrogens is 3. The third kappa shape index (κ3) is 3.43. The van der Waals surface area contributed by atoms with Gasteiger partial charge >= 0.3 is 0 Å². The summed E-state index contributed by atoms with van der Waals surface area (Å²) in [7, 11) is 0. The summed E-state index contributed by atoms with van der Waals surface area (Å²) in [4.78, 5) is 16.0. The number of H-pyrrole nitrogens is 1. The van der Waals surface area contributed by atoms with Crippen molar-refractivity contribution in [2.24, 2.45) is 0 Å². The lowest BCUT2D eigenvalue weighted by atomic mass is 10.1. The molecular formula is C16H11F3N4O. The molecule has 0 atom stereocenters. The molecule has 0 bridgehead atoms. The van der Waals surface area contributed by atoms with E-state index in [0.29, 0.717) is 29.2 Å². The van der Waals surface area contributed by atoms with Gasteiger partial charge in [-0.25, -0.2) is 18.2 Å². The monoisotopic (exact) mass is 332 g/mol. The highest BCUT2D eigenvalue weighted by atomic mass is 19.2. The number of hydrogen-bond acceptors (Lipinski definition) is 3. The molecule has 0 aliphatic heterocycles. The topological polar surface area (TPSA) is 70.7 Å². The molecule has 3 aromatic rings. The average molecular weight is 332 g/mol. The van der Waals surface area contributed by atoms with Crippen molar-refractivity contribution in [1.82, 2.24) is 15.2 Å². The van der Waals surface area contributed by atoms with Gasteiger partial charge in [0.15, 0.2) is 17.5 Å². The lowest BCUT2D eigenvalue weighted by Crippen LogP contribution is -2.15. The highest BCUT2D eigenvalue weighted by Crippen LogP contribution is 2.19. The SMILES string of the molecule is O=C(Cc1cc(F)c(F)cc1F)Nc1cccc(-c2ncn[nH]2)c1. The fourth-order valence-electron chi connectivity index (χ4n) is 2.17. The maximum absolute atomic E-state index is 13.6. The molecule has 3 rings (SSSR count). The third-order valence-corrected chi connectivity index (χ3v) is 3.28. The minimum absolute atomic E-state index is 0.224. The Bertz CT molecular complexity index is 881. The van der Waals surface area contributed by atoms with Crippen molar-refractivity contribution >= 4 is 11.6 Å². The zero-order valence-electron chi connectivity index (χ0n) is 12.2. The van der Waals surface area contributed by atoms with Gasteiger partial charge in [-0.2, -0.15) is 5.10 Å². The van der Waals surface area contributed by atoms with Gasteiger partial charge in [-0.05, 0) is 18.2 Å². The molecule has 0 fully saturated rings. The maximum Gasteiger partial charge on any atom is 0.228 e. The molecule has 24 heavy (non-hydrogen) atoms. The van der Waals surface area contributed by atoms with E-state index in [2.05, 4.69) is 20.5 Å². The van der Waals surface area contributed by atoms with Crippen LogP contribution in [0.15, 0.2) is 42.7 Å². The van der Waals surface area contributed by atoms with Gasteiger partial charge in [0, 0.05) is 22.9 Å². The van der Waals surface area contributed by atoms with Gasteiger partial charge in [0.1, 0.15) is 12.1 Å². The number of nitrogens with one attached hydrogen (secondary N) is 2. The van der Waals surface area contributed by atoms with E-state index in [1.54, 1.807) is 24.3 Å². The van der Waals surface area contributed by atoms with Crippen LogP contribution in [0.5, 0.6) is 0 Å². The number of carbonyl (C=O) groups excluding carboxylic acids is 1. The molecule has 2 N–H and O–H groups in total. The molecular weight excluding hydrogens is 321 g/mol. The minimum Gasteiger partial charge on any atom is -0.326 e. The number of anilines is 1. The van der Waals surface area contributed by atoms with E-state index in [-0.39, 0.29) is 5.56 Å². The molecule has 1 heterocycles. The summed E-state index contributed by atoms with van der Waals surface area (Å²) in [6.07, 6.45) is 0.933. The predicted octanol–water partition coefficient (Wildman–Crippen LogP) is 3.07. The van der Waals surface area contributed by atoms with Crippen LogP contribution in [0.2, 0.25) is 0 Å². The van der Waals surface area contributed by atoms with Gasteiger partial charge in [0.05, 0.1) is 6.42 Å². The maximum atomic E-state index is 13.6. The molecule has 0 spiro atoms. The van der Waals surface area contributed by atoms with Gasteiger partial charge in [0.2, 0.25) is 5.91 Å². The van der Waals surface area contributed by atoms with Crippen LogP contribution in [-0.4, -0.2) is 21.1 Å². The van der Waals surface area contributed by atoms with Gasteiger partial charge in [-0.15, -0.1) is 0 Å². The summed E-state index contributed by atoms with van der Waals surface area (Å²) in [5, 5.41) is 9.00. The average Bonchev–Trinajstić information content (AvgIpc) is 3.07. The van der Waals surface area contributed by atoms with E-state index in [4.69, 9.17) is 0 Å². The largest absolute Gasteiger partial charge is 0.326 e. The quantitative estimate of drug-likeness (QED) is 0.721. The van der Waals surface area contributed by atoms with E-state index >= 15 is 0 Å². The smallest absolute Gasteiger partial charge is 0.228 e. The van der Waals surface area contributed by atoms with Crippen molar-refractivity contribution in [3.05, 3.63) is 65.7 Å². The van der Waals surface area contributed by atoms with Crippen LogP contribution >= 0.6 is 0 Å².